The molecule has 1 heterocycles. The molecule has 0 fully saturated rings. The Morgan fingerprint density at radius 2 is 0.867 bits per heavy atom. The van der Waals surface area contributed by atoms with Crippen LogP contribution in [0.1, 0.15) is 0 Å². The summed E-state index contributed by atoms with van der Waals surface area (Å²) in [5, 5.41) is 13.0. The van der Waals surface area contributed by atoms with E-state index in [4.69, 9.17) is 0 Å². The Hall–Kier alpha value is -5.37. The van der Waals surface area contributed by atoms with Gasteiger partial charge >= 0.3 is 0 Å². The molecule has 1 aliphatic rings. The smallest absolute Gasteiger partial charge is 0.0213 e. The topological polar surface area (TPSA) is 0 Å². The number of hydrogen-bond donors (Lipinski definition) is 0. The lowest BCUT2D eigenvalue weighted by atomic mass is 9.84. The number of hydrogen-bond acceptors (Lipinski definition) is 1. The average molecular weight is 587 g/mol. The van der Waals surface area contributed by atoms with Crippen LogP contribution in [-0.2, 0) is 0 Å². The van der Waals surface area contributed by atoms with Crippen molar-refractivity contribution in [1.29, 1.82) is 0 Å². The number of benzene rings is 9. The van der Waals surface area contributed by atoms with Crippen molar-refractivity contribution in [2.24, 2.45) is 0 Å². The second kappa shape index (κ2) is 9.56. The summed E-state index contributed by atoms with van der Waals surface area (Å²) in [7, 11) is 0. The van der Waals surface area contributed by atoms with Crippen LogP contribution >= 0.6 is 11.8 Å². The van der Waals surface area contributed by atoms with E-state index >= 15 is 0 Å². The molecule has 45 heavy (non-hydrogen) atoms. The Bertz CT molecular complexity index is 2620. The SMILES string of the molecule is c1ccc2c(-c3c4ccccc4c(-c4ccc5c(c4)Sc4cc6ccccc6c6cccc-5c46)c4ccccc34)cccc2c1. The number of rotatable bonds is 2. The molecule has 0 spiro atoms. The van der Waals surface area contributed by atoms with Gasteiger partial charge < -0.3 is 0 Å². The predicted octanol–water partition coefficient (Wildman–Crippen LogP) is 12.9. The zero-order valence-corrected chi connectivity index (χ0v) is 25.2. The monoisotopic (exact) mass is 586 g/mol. The van der Waals surface area contributed by atoms with Crippen molar-refractivity contribution in [3.05, 3.63) is 158 Å². The zero-order valence-electron chi connectivity index (χ0n) is 24.4. The lowest BCUT2D eigenvalue weighted by Crippen LogP contribution is -1.95. The summed E-state index contributed by atoms with van der Waals surface area (Å²) in [6.45, 7) is 0. The molecule has 0 saturated heterocycles. The normalized spacial score (nSPS) is 12.4. The molecule has 208 valence electrons. The third-order valence-corrected chi connectivity index (χ3v) is 10.7. The minimum absolute atomic E-state index is 1.26. The largest absolute Gasteiger partial charge is 0.0887 e. The highest BCUT2D eigenvalue weighted by molar-refractivity contribution is 7.99. The van der Waals surface area contributed by atoms with Crippen LogP contribution in [0.3, 0.4) is 0 Å². The van der Waals surface area contributed by atoms with Crippen LogP contribution in [0.25, 0.3) is 87.2 Å². The maximum absolute atomic E-state index is 2.43. The van der Waals surface area contributed by atoms with E-state index in [-0.39, 0.29) is 0 Å². The van der Waals surface area contributed by atoms with E-state index in [1.165, 1.54) is 97.0 Å². The first-order valence-electron chi connectivity index (χ1n) is 15.5. The van der Waals surface area contributed by atoms with Crippen LogP contribution in [0.15, 0.2) is 168 Å². The predicted molar refractivity (Wildman–Crippen MR) is 194 cm³/mol. The molecular weight excluding hydrogens is 561 g/mol. The fourth-order valence-electron chi connectivity index (χ4n) is 7.70. The molecule has 9 aromatic carbocycles. The van der Waals surface area contributed by atoms with Crippen molar-refractivity contribution in [3.63, 3.8) is 0 Å². The Kier molecular flexibility index (Phi) is 5.31. The van der Waals surface area contributed by atoms with Gasteiger partial charge in [0.15, 0.2) is 0 Å². The fourth-order valence-corrected chi connectivity index (χ4v) is 8.92. The van der Waals surface area contributed by atoms with Gasteiger partial charge in [0.05, 0.1) is 0 Å². The summed E-state index contributed by atoms with van der Waals surface area (Å²) in [6.07, 6.45) is 0. The highest BCUT2D eigenvalue weighted by Gasteiger charge is 2.23. The first-order chi connectivity index (χ1) is 22.3. The van der Waals surface area contributed by atoms with Gasteiger partial charge in [-0.05, 0) is 94.0 Å². The number of fused-ring (bicyclic) bond motifs is 7. The van der Waals surface area contributed by atoms with Gasteiger partial charge in [-0.3, -0.25) is 0 Å². The van der Waals surface area contributed by atoms with E-state index in [2.05, 4.69) is 158 Å². The van der Waals surface area contributed by atoms with E-state index in [0.29, 0.717) is 0 Å². The van der Waals surface area contributed by atoms with Gasteiger partial charge in [0.1, 0.15) is 0 Å². The van der Waals surface area contributed by atoms with Gasteiger partial charge in [-0.25, -0.2) is 0 Å². The van der Waals surface area contributed by atoms with E-state index in [0.717, 1.165) is 0 Å². The minimum atomic E-state index is 1.26. The van der Waals surface area contributed by atoms with Gasteiger partial charge in [-0.1, -0.05) is 157 Å². The van der Waals surface area contributed by atoms with E-state index in [1.54, 1.807) is 0 Å². The molecule has 0 unspecified atom stereocenters. The van der Waals surface area contributed by atoms with Crippen molar-refractivity contribution in [2.75, 3.05) is 0 Å². The summed E-state index contributed by atoms with van der Waals surface area (Å²) < 4.78 is 0. The molecule has 0 amide bonds. The Morgan fingerprint density at radius 1 is 0.311 bits per heavy atom. The Morgan fingerprint density at radius 3 is 1.62 bits per heavy atom. The molecule has 9 aromatic rings. The molecule has 0 saturated carbocycles. The molecule has 10 rings (SSSR count). The van der Waals surface area contributed by atoms with E-state index in [9.17, 15) is 0 Å². The van der Waals surface area contributed by atoms with Crippen molar-refractivity contribution >= 4 is 65.6 Å². The molecular formula is C44H26S. The molecule has 0 radical (unpaired) electrons. The standard InChI is InChI=1S/C44H26S/c1-3-14-30-27(11-1)13-9-20-33(30)43-38-18-7-5-16-36(38)42(37-17-6-8-19-39(37)43)29-23-24-32-35-22-10-21-34-31-15-4-2-12-28(31)25-41(44(34)35)45-40(32)26-29/h1-26H. The molecule has 0 aromatic heterocycles. The quantitative estimate of drug-likeness (QED) is 0.143. The van der Waals surface area contributed by atoms with Crippen LogP contribution in [0.5, 0.6) is 0 Å². The van der Waals surface area contributed by atoms with Crippen molar-refractivity contribution < 1.29 is 0 Å². The molecule has 0 N–H and O–H groups in total. The van der Waals surface area contributed by atoms with Crippen LogP contribution in [0, 0.1) is 0 Å². The van der Waals surface area contributed by atoms with Gasteiger partial charge in [-0.15, -0.1) is 0 Å². The highest BCUT2D eigenvalue weighted by Crippen LogP contribution is 2.52. The molecule has 0 bridgehead atoms. The summed E-state index contributed by atoms with van der Waals surface area (Å²) in [5.41, 5.74) is 7.80. The lowest BCUT2D eigenvalue weighted by Gasteiger charge is -2.23. The molecule has 0 atom stereocenters. The van der Waals surface area contributed by atoms with Gasteiger partial charge in [0.2, 0.25) is 0 Å². The Balaban J connectivity index is 1.25. The highest BCUT2D eigenvalue weighted by atomic mass is 32.2. The second-order valence-corrected chi connectivity index (χ2v) is 13.1. The van der Waals surface area contributed by atoms with Crippen LogP contribution < -0.4 is 0 Å². The maximum atomic E-state index is 2.43. The van der Waals surface area contributed by atoms with Crippen molar-refractivity contribution in [3.8, 4) is 33.4 Å². The van der Waals surface area contributed by atoms with Gasteiger partial charge in [0, 0.05) is 15.2 Å². The summed E-state index contributed by atoms with van der Waals surface area (Å²) in [6, 6.07) is 58.5. The van der Waals surface area contributed by atoms with Crippen molar-refractivity contribution in [1.82, 2.24) is 0 Å². The van der Waals surface area contributed by atoms with Crippen LogP contribution in [0.2, 0.25) is 0 Å². The summed E-state index contributed by atoms with van der Waals surface area (Å²) in [5.74, 6) is 0. The van der Waals surface area contributed by atoms with Gasteiger partial charge in [-0.2, -0.15) is 0 Å². The zero-order chi connectivity index (χ0) is 29.5. The second-order valence-electron chi connectivity index (χ2n) is 12.0. The lowest BCUT2D eigenvalue weighted by molar-refractivity contribution is 1.41. The van der Waals surface area contributed by atoms with Gasteiger partial charge in [0.25, 0.3) is 0 Å². The van der Waals surface area contributed by atoms with E-state index < -0.39 is 0 Å². The molecule has 0 aliphatic carbocycles. The molecule has 0 nitrogen and oxygen atoms in total. The average Bonchev–Trinajstić information content (AvgIpc) is 3.10. The fraction of sp³-hybridized carbons (Fsp3) is 0. The van der Waals surface area contributed by atoms with Crippen LogP contribution in [-0.4, -0.2) is 0 Å². The molecule has 1 aliphatic heterocycles. The Labute approximate surface area is 265 Å². The van der Waals surface area contributed by atoms with Crippen LogP contribution in [0.4, 0.5) is 0 Å². The third kappa shape index (κ3) is 3.62. The first-order valence-corrected chi connectivity index (χ1v) is 16.3. The summed E-state index contributed by atoms with van der Waals surface area (Å²) >= 11 is 1.91. The molecule has 1 heteroatoms. The van der Waals surface area contributed by atoms with Crippen molar-refractivity contribution in [2.45, 2.75) is 9.79 Å². The van der Waals surface area contributed by atoms with E-state index in [1.807, 2.05) is 11.8 Å². The maximum Gasteiger partial charge on any atom is 0.0213 e. The minimum Gasteiger partial charge on any atom is -0.0887 e. The first kappa shape index (κ1) is 25.0. The third-order valence-electron chi connectivity index (χ3n) is 9.62. The summed E-state index contributed by atoms with van der Waals surface area (Å²) in [4.78, 5) is 2.65.